The molecule has 0 unspecified atom stereocenters. The molecule has 1 aromatic rings. The van der Waals surface area contributed by atoms with Crippen molar-refractivity contribution < 1.29 is 0 Å². The molecule has 0 aliphatic rings. The lowest BCUT2D eigenvalue weighted by Gasteiger charge is -2.23. The minimum absolute atomic E-state index is 0.0581. The van der Waals surface area contributed by atoms with Gasteiger partial charge in [0.2, 0.25) is 0 Å². The molecule has 0 saturated heterocycles. The zero-order chi connectivity index (χ0) is 15.3. The Kier molecular flexibility index (Phi) is 5.74. The van der Waals surface area contributed by atoms with Crippen LogP contribution in [-0.2, 0) is 5.54 Å². The van der Waals surface area contributed by atoms with Gasteiger partial charge < -0.3 is 14.8 Å². The van der Waals surface area contributed by atoms with Crippen LogP contribution in [0.5, 0.6) is 0 Å². The second kappa shape index (κ2) is 6.88. The maximum Gasteiger partial charge on any atom is 0.293 e. The van der Waals surface area contributed by atoms with E-state index in [-0.39, 0.29) is 11.1 Å². The first-order valence-electron chi connectivity index (χ1n) is 7.25. The first-order chi connectivity index (χ1) is 9.23. The van der Waals surface area contributed by atoms with E-state index in [4.69, 9.17) is 0 Å². The Morgan fingerprint density at radius 3 is 2.60 bits per heavy atom. The lowest BCUT2D eigenvalue weighted by molar-refractivity contribution is 0.273. The first-order valence-corrected chi connectivity index (χ1v) is 7.25. The van der Waals surface area contributed by atoms with Crippen LogP contribution in [0.25, 0.3) is 0 Å². The SMILES string of the molecule is CC(C)N(C)CCCNc1nccn(C(C)(C)C)c1=O. The molecular weight excluding hydrogens is 252 g/mol. The molecule has 114 valence electrons. The standard InChI is InChI=1S/C15H28N4O/c1-12(2)18(6)10-7-8-16-13-14(20)19(11-9-17-13)15(3,4)5/h9,11-12H,7-8,10H2,1-6H3,(H,16,17). The molecule has 1 rings (SSSR count). The highest BCUT2D eigenvalue weighted by Crippen LogP contribution is 2.10. The number of aromatic nitrogens is 2. The molecule has 1 aromatic heterocycles. The van der Waals surface area contributed by atoms with Crippen molar-refractivity contribution >= 4 is 5.82 Å². The summed E-state index contributed by atoms with van der Waals surface area (Å²) in [5, 5.41) is 3.15. The predicted molar refractivity (Wildman–Crippen MR) is 84.4 cm³/mol. The maximum atomic E-state index is 12.3. The molecule has 0 aliphatic carbocycles. The summed E-state index contributed by atoms with van der Waals surface area (Å²) in [7, 11) is 2.11. The van der Waals surface area contributed by atoms with Gasteiger partial charge in [0.25, 0.3) is 5.56 Å². The minimum atomic E-state index is -0.228. The Balaban J connectivity index is 2.60. The van der Waals surface area contributed by atoms with Crippen LogP contribution in [0.4, 0.5) is 5.82 Å². The number of anilines is 1. The van der Waals surface area contributed by atoms with Crippen molar-refractivity contribution in [2.45, 2.75) is 52.6 Å². The predicted octanol–water partition coefficient (Wildman–Crippen LogP) is 2.14. The van der Waals surface area contributed by atoms with Crippen molar-refractivity contribution in [2.75, 3.05) is 25.5 Å². The quantitative estimate of drug-likeness (QED) is 0.811. The summed E-state index contributed by atoms with van der Waals surface area (Å²) in [6.45, 7) is 12.1. The Hall–Kier alpha value is -1.36. The van der Waals surface area contributed by atoms with E-state index in [1.54, 1.807) is 17.0 Å². The van der Waals surface area contributed by atoms with Crippen LogP contribution in [0.1, 0.15) is 41.0 Å². The molecule has 1 heterocycles. The summed E-state index contributed by atoms with van der Waals surface area (Å²) < 4.78 is 1.71. The van der Waals surface area contributed by atoms with Crippen molar-refractivity contribution in [1.29, 1.82) is 0 Å². The van der Waals surface area contributed by atoms with Gasteiger partial charge >= 0.3 is 0 Å². The fraction of sp³-hybridized carbons (Fsp3) is 0.733. The Bertz CT molecular complexity index is 473. The molecule has 0 radical (unpaired) electrons. The molecule has 20 heavy (non-hydrogen) atoms. The number of hydrogen-bond acceptors (Lipinski definition) is 4. The van der Waals surface area contributed by atoms with Gasteiger partial charge in [-0.05, 0) is 54.6 Å². The van der Waals surface area contributed by atoms with Crippen molar-refractivity contribution in [3.63, 3.8) is 0 Å². The Morgan fingerprint density at radius 1 is 1.40 bits per heavy atom. The second-order valence-electron chi connectivity index (χ2n) is 6.48. The molecular formula is C15H28N4O. The largest absolute Gasteiger partial charge is 0.365 e. The highest BCUT2D eigenvalue weighted by molar-refractivity contribution is 5.30. The van der Waals surface area contributed by atoms with Gasteiger partial charge in [-0.3, -0.25) is 4.79 Å². The van der Waals surface area contributed by atoms with Crippen LogP contribution in [0, 0.1) is 0 Å². The van der Waals surface area contributed by atoms with E-state index >= 15 is 0 Å². The monoisotopic (exact) mass is 280 g/mol. The Labute approximate surface area is 122 Å². The van der Waals surface area contributed by atoms with Crippen LogP contribution in [0.15, 0.2) is 17.2 Å². The first kappa shape index (κ1) is 16.7. The number of nitrogens with one attached hydrogen (secondary N) is 1. The van der Waals surface area contributed by atoms with Gasteiger partial charge in [-0.25, -0.2) is 4.98 Å². The molecule has 0 spiro atoms. The second-order valence-corrected chi connectivity index (χ2v) is 6.48. The average molecular weight is 280 g/mol. The van der Waals surface area contributed by atoms with Gasteiger partial charge in [-0.2, -0.15) is 0 Å². The van der Waals surface area contributed by atoms with E-state index in [0.29, 0.717) is 11.9 Å². The normalized spacial score (nSPS) is 12.2. The number of hydrogen-bond donors (Lipinski definition) is 1. The van der Waals surface area contributed by atoms with Gasteiger partial charge in [-0.15, -0.1) is 0 Å². The van der Waals surface area contributed by atoms with E-state index in [1.807, 2.05) is 20.8 Å². The van der Waals surface area contributed by atoms with Gasteiger partial charge in [-0.1, -0.05) is 0 Å². The van der Waals surface area contributed by atoms with Crippen LogP contribution >= 0.6 is 0 Å². The molecule has 1 N–H and O–H groups in total. The molecule has 0 aliphatic heterocycles. The summed E-state index contributed by atoms with van der Waals surface area (Å²) in [6.07, 6.45) is 4.40. The molecule has 5 heteroatoms. The van der Waals surface area contributed by atoms with Gasteiger partial charge in [0.15, 0.2) is 5.82 Å². The van der Waals surface area contributed by atoms with Crippen LogP contribution in [0.2, 0.25) is 0 Å². The van der Waals surface area contributed by atoms with Crippen molar-refractivity contribution in [3.8, 4) is 0 Å². The lowest BCUT2D eigenvalue weighted by Crippen LogP contribution is -2.35. The van der Waals surface area contributed by atoms with Crippen LogP contribution in [-0.4, -0.2) is 40.6 Å². The van der Waals surface area contributed by atoms with E-state index < -0.39 is 0 Å². The van der Waals surface area contributed by atoms with Crippen LogP contribution in [0.3, 0.4) is 0 Å². The van der Waals surface area contributed by atoms with E-state index in [9.17, 15) is 4.79 Å². The van der Waals surface area contributed by atoms with Gasteiger partial charge in [0, 0.05) is 30.5 Å². The summed E-state index contributed by atoms with van der Waals surface area (Å²) in [4.78, 5) is 18.7. The van der Waals surface area contributed by atoms with E-state index in [1.165, 1.54) is 0 Å². The maximum absolute atomic E-state index is 12.3. The smallest absolute Gasteiger partial charge is 0.293 e. The zero-order valence-electron chi connectivity index (χ0n) is 13.6. The molecule has 0 fully saturated rings. The van der Waals surface area contributed by atoms with E-state index in [2.05, 4.69) is 36.1 Å². The highest BCUT2D eigenvalue weighted by Gasteiger charge is 2.16. The van der Waals surface area contributed by atoms with E-state index in [0.717, 1.165) is 19.5 Å². The summed E-state index contributed by atoms with van der Waals surface area (Å²) >= 11 is 0. The number of rotatable bonds is 6. The molecule has 0 atom stereocenters. The van der Waals surface area contributed by atoms with Gasteiger partial charge in [0.1, 0.15) is 0 Å². The van der Waals surface area contributed by atoms with Crippen LogP contribution < -0.4 is 10.9 Å². The molecule has 0 aromatic carbocycles. The molecule has 5 nitrogen and oxygen atoms in total. The third-order valence-electron chi connectivity index (χ3n) is 3.43. The molecule has 0 saturated carbocycles. The van der Waals surface area contributed by atoms with Crippen molar-refractivity contribution in [2.24, 2.45) is 0 Å². The molecule has 0 bridgehead atoms. The summed E-state index contributed by atoms with van der Waals surface area (Å²) in [5.41, 5.74) is -0.286. The van der Waals surface area contributed by atoms with Gasteiger partial charge in [0.05, 0.1) is 0 Å². The third kappa shape index (κ3) is 4.63. The topological polar surface area (TPSA) is 50.2 Å². The summed E-state index contributed by atoms with van der Waals surface area (Å²) in [6, 6.07) is 0.544. The fourth-order valence-electron chi connectivity index (χ4n) is 1.85. The zero-order valence-corrected chi connectivity index (χ0v) is 13.6. The lowest BCUT2D eigenvalue weighted by atomic mass is 10.1. The molecule has 0 amide bonds. The van der Waals surface area contributed by atoms with Crippen molar-refractivity contribution in [1.82, 2.24) is 14.5 Å². The highest BCUT2D eigenvalue weighted by atomic mass is 16.1. The average Bonchev–Trinajstić information content (AvgIpc) is 2.34. The summed E-state index contributed by atoms with van der Waals surface area (Å²) in [5.74, 6) is 0.439. The van der Waals surface area contributed by atoms with Crippen molar-refractivity contribution in [3.05, 3.63) is 22.7 Å². The fourth-order valence-corrected chi connectivity index (χ4v) is 1.85. The third-order valence-corrected chi connectivity index (χ3v) is 3.43. The minimum Gasteiger partial charge on any atom is -0.365 e. The Morgan fingerprint density at radius 2 is 2.05 bits per heavy atom. The number of nitrogens with zero attached hydrogens (tertiary/aromatic N) is 3.